The molecule has 5 nitrogen and oxygen atoms in total. The van der Waals surface area contributed by atoms with E-state index in [9.17, 15) is 0 Å². The van der Waals surface area contributed by atoms with Crippen molar-refractivity contribution in [2.75, 3.05) is 5.43 Å². The molecule has 7 heteroatoms. The zero-order chi connectivity index (χ0) is 9.97. The highest BCUT2D eigenvalue weighted by atomic mass is 35.5. The molecule has 0 fully saturated rings. The van der Waals surface area contributed by atoms with Gasteiger partial charge in [0.05, 0.1) is 6.20 Å². The largest absolute Gasteiger partial charge is 0.308 e. The summed E-state index contributed by atoms with van der Waals surface area (Å²) in [6, 6.07) is 1.67. The van der Waals surface area contributed by atoms with Gasteiger partial charge in [-0.05, 0) is 0 Å². The van der Waals surface area contributed by atoms with Gasteiger partial charge in [-0.3, -0.25) is 0 Å². The van der Waals surface area contributed by atoms with Crippen molar-refractivity contribution < 1.29 is 0 Å². The number of nitrogen functional groups attached to an aromatic ring is 1. The van der Waals surface area contributed by atoms with E-state index in [2.05, 4.69) is 20.4 Å². The van der Waals surface area contributed by atoms with Gasteiger partial charge < -0.3 is 5.43 Å². The van der Waals surface area contributed by atoms with Crippen molar-refractivity contribution in [1.82, 2.24) is 15.0 Å². The fourth-order valence-electron chi connectivity index (χ4n) is 0.900. The number of thiazole rings is 1. The van der Waals surface area contributed by atoms with Crippen LogP contribution in [-0.2, 0) is 0 Å². The number of rotatable bonds is 2. The first kappa shape index (κ1) is 9.32. The maximum Gasteiger partial charge on any atom is 0.190 e. The van der Waals surface area contributed by atoms with E-state index in [1.807, 2.05) is 0 Å². The van der Waals surface area contributed by atoms with Crippen molar-refractivity contribution in [1.29, 1.82) is 0 Å². The SMILES string of the molecule is NNc1ccnc(-c2ncc(Cl)s2)n1. The number of nitrogens with two attached hydrogens (primary N) is 1. The third-order valence-electron chi connectivity index (χ3n) is 1.47. The van der Waals surface area contributed by atoms with E-state index in [0.717, 1.165) is 0 Å². The number of nitrogens with zero attached hydrogens (tertiary/aromatic N) is 3. The first-order chi connectivity index (χ1) is 6.79. The Morgan fingerprint density at radius 1 is 1.43 bits per heavy atom. The molecule has 0 aliphatic carbocycles. The third kappa shape index (κ3) is 1.82. The molecule has 0 aliphatic heterocycles. The predicted molar refractivity (Wildman–Crippen MR) is 56.0 cm³/mol. The second-order valence-corrected chi connectivity index (χ2v) is 4.04. The number of nitrogens with one attached hydrogen (secondary N) is 1. The molecule has 0 radical (unpaired) electrons. The Morgan fingerprint density at radius 3 is 2.93 bits per heavy atom. The van der Waals surface area contributed by atoms with Crippen LogP contribution in [-0.4, -0.2) is 15.0 Å². The Bertz CT molecular complexity index is 443. The van der Waals surface area contributed by atoms with E-state index >= 15 is 0 Å². The van der Waals surface area contributed by atoms with E-state index < -0.39 is 0 Å². The van der Waals surface area contributed by atoms with Crippen LogP contribution in [0, 0.1) is 0 Å². The number of hydrogen-bond acceptors (Lipinski definition) is 6. The fourth-order valence-corrected chi connectivity index (χ4v) is 1.75. The molecule has 2 aromatic heterocycles. The monoisotopic (exact) mass is 227 g/mol. The van der Waals surface area contributed by atoms with Crippen LogP contribution in [0.15, 0.2) is 18.5 Å². The third-order valence-corrected chi connectivity index (χ3v) is 2.58. The molecule has 2 heterocycles. The van der Waals surface area contributed by atoms with Gasteiger partial charge in [-0.1, -0.05) is 22.9 Å². The number of aromatic nitrogens is 3. The van der Waals surface area contributed by atoms with E-state index in [-0.39, 0.29) is 0 Å². The average molecular weight is 228 g/mol. The summed E-state index contributed by atoms with van der Waals surface area (Å²) in [6.45, 7) is 0. The summed E-state index contributed by atoms with van der Waals surface area (Å²) < 4.78 is 0.606. The Balaban J connectivity index is 2.41. The van der Waals surface area contributed by atoms with Gasteiger partial charge in [-0.15, -0.1) is 0 Å². The lowest BCUT2D eigenvalue weighted by atomic mass is 10.5. The topological polar surface area (TPSA) is 76.7 Å². The fraction of sp³-hybridized carbons (Fsp3) is 0. The molecule has 0 spiro atoms. The Hall–Kier alpha value is -1.24. The summed E-state index contributed by atoms with van der Waals surface area (Å²) in [7, 11) is 0. The van der Waals surface area contributed by atoms with E-state index in [4.69, 9.17) is 17.4 Å². The quantitative estimate of drug-likeness (QED) is 0.601. The van der Waals surface area contributed by atoms with Crippen molar-refractivity contribution in [2.45, 2.75) is 0 Å². The molecule has 2 aromatic rings. The van der Waals surface area contributed by atoms with Crippen molar-refractivity contribution in [3.05, 3.63) is 22.8 Å². The molecule has 0 bridgehead atoms. The van der Waals surface area contributed by atoms with Crippen molar-refractivity contribution >= 4 is 28.8 Å². The lowest BCUT2D eigenvalue weighted by molar-refractivity contribution is 1.14. The molecule has 0 aliphatic rings. The number of halogens is 1. The normalized spacial score (nSPS) is 10.1. The number of hydrazine groups is 1. The van der Waals surface area contributed by atoms with Crippen LogP contribution >= 0.6 is 22.9 Å². The highest BCUT2D eigenvalue weighted by molar-refractivity contribution is 7.18. The minimum Gasteiger partial charge on any atom is -0.308 e. The summed E-state index contributed by atoms with van der Waals surface area (Å²) in [5.74, 6) is 6.27. The standard InChI is InChI=1S/C7H6ClN5S/c8-4-3-11-7(14-4)6-10-2-1-5(12-6)13-9/h1-3H,9H2,(H,10,12,13). The van der Waals surface area contributed by atoms with Gasteiger partial charge in [0, 0.05) is 12.3 Å². The molecule has 0 saturated carbocycles. The van der Waals surface area contributed by atoms with Gasteiger partial charge in [0.25, 0.3) is 0 Å². The molecule has 0 aromatic carbocycles. The van der Waals surface area contributed by atoms with Gasteiger partial charge in [0.2, 0.25) is 0 Å². The molecule has 2 rings (SSSR count). The molecule has 0 atom stereocenters. The minimum atomic E-state index is 0.511. The van der Waals surface area contributed by atoms with Crippen molar-refractivity contribution in [2.24, 2.45) is 5.84 Å². The van der Waals surface area contributed by atoms with E-state index in [0.29, 0.717) is 21.0 Å². The molecule has 0 saturated heterocycles. The first-order valence-electron chi connectivity index (χ1n) is 3.71. The van der Waals surface area contributed by atoms with Crippen LogP contribution < -0.4 is 11.3 Å². The summed E-state index contributed by atoms with van der Waals surface area (Å²) >= 11 is 7.06. The maximum absolute atomic E-state index is 5.74. The molecule has 0 unspecified atom stereocenters. The van der Waals surface area contributed by atoms with Gasteiger partial charge in [-0.25, -0.2) is 20.8 Å². The van der Waals surface area contributed by atoms with Crippen LogP contribution in [0.4, 0.5) is 5.82 Å². The van der Waals surface area contributed by atoms with Gasteiger partial charge >= 0.3 is 0 Å². The van der Waals surface area contributed by atoms with Crippen molar-refractivity contribution in [3.8, 4) is 10.8 Å². The smallest absolute Gasteiger partial charge is 0.190 e. The molecule has 14 heavy (non-hydrogen) atoms. The zero-order valence-corrected chi connectivity index (χ0v) is 8.51. The second-order valence-electron chi connectivity index (χ2n) is 2.38. The minimum absolute atomic E-state index is 0.511. The average Bonchev–Trinajstić information content (AvgIpc) is 2.65. The number of hydrogen-bond donors (Lipinski definition) is 2. The summed E-state index contributed by atoms with van der Waals surface area (Å²) in [5, 5.41) is 0.673. The summed E-state index contributed by atoms with van der Waals surface area (Å²) in [5.41, 5.74) is 2.44. The predicted octanol–water partition coefficient (Wildman–Crippen LogP) is 1.54. The van der Waals surface area contributed by atoms with Crippen LogP contribution in [0.1, 0.15) is 0 Å². The van der Waals surface area contributed by atoms with Crippen LogP contribution in [0.2, 0.25) is 4.34 Å². The van der Waals surface area contributed by atoms with E-state index in [1.165, 1.54) is 11.3 Å². The van der Waals surface area contributed by atoms with Gasteiger partial charge in [0.1, 0.15) is 10.2 Å². The second kappa shape index (κ2) is 3.87. The Labute approximate surface area is 89.0 Å². The lowest BCUT2D eigenvalue weighted by Crippen LogP contribution is -2.08. The molecule has 72 valence electrons. The van der Waals surface area contributed by atoms with Crippen molar-refractivity contribution in [3.63, 3.8) is 0 Å². The van der Waals surface area contributed by atoms with E-state index in [1.54, 1.807) is 18.5 Å². The molecule has 0 amide bonds. The maximum atomic E-state index is 5.74. The Kier molecular flexibility index (Phi) is 2.58. The highest BCUT2D eigenvalue weighted by Gasteiger charge is 2.06. The summed E-state index contributed by atoms with van der Waals surface area (Å²) in [4.78, 5) is 12.2. The Morgan fingerprint density at radius 2 is 2.29 bits per heavy atom. The number of anilines is 1. The summed E-state index contributed by atoms with van der Waals surface area (Å²) in [6.07, 6.45) is 3.17. The van der Waals surface area contributed by atoms with Gasteiger partial charge in [0.15, 0.2) is 10.8 Å². The highest BCUT2D eigenvalue weighted by Crippen LogP contribution is 2.25. The lowest BCUT2D eigenvalue weighted by Gasteiger charge is -1.98. The van der Waals surface area contributed by atoms with Gasteiger partial charge in [-0.2, -0.15) is 0 Å². The molecular formula is C7H6ClN5S. The molecule has 3 N–H and O–H groups in total. The van der Waals surface area contributed by atoms with Crippen LogP contribution in [0.5, 0.6) is 0 Å². The zero-order valence-electron chi connectivity index (χ0n) is 6.94. The molecular weight excluding hydrogens is 222 g/mol. The van der Waals surface area contributed by atoms with Crippen LogP contribution in [0.3, 0.4) is 0 Å². The first-order valence-corrected chi connectivity index (χ1v) is 4.90. The van der Waals surface area contributed by atoms with Crippen LogP contribution in [0.25, 0.3) is 10.8 Å².